The van der Waals surface area contributed by atoms with Gasteiger partial charge in [-0.25, -0.2) is 4.39 Å². The average Bonchev–Trinajstić information content (AvgIpc) is 2.92. The summed E-state index contributed by atoms with van der Waals surface area (Å²) in [5.74, 6) is 0.240. The third-order valence-electron chi connectivity index (χ3n) is 7.48. The van der Waals surface area contributed by atoms with Crippen LogP contribution >= 0.6 is 0 Å². The summed E-state index contributed by atoms with van der Waals surface area (Å²) in [5.41, 5.74) is 3.72. The Labute approximate surface area is 208 Å². The molecule has 5 heteroatoms. The molecule has 3 aromatic rings. The van der Waals surface area contributed by atoms with Crippen LogP contribution in [0.15, 0.2) is 84.9 Å². The number of piperidine rings is 1. The maximum absolute atomic E-state index is 13.3. The molecule has 0 radical (unpaired) electrons. The molecule has 0 N–H and O–H groups in total. The second-order valence-electron chi connectivity index (χ2n) is 9.76. The Kier molecular flexibility index (Phi) is 7.55. The highest BCUT2D eigenvalue weighted by atomic mass is 19.1. The summed E-state index contributed by atoms with van der Waals surface area (Å²) in [6.45, 7) is 5.97. The lowest BCUT2D eigenvalue weighted by atomic mass is 9.94. The molecule has 0 saturated carbocycles. The maximum atomic E-state index is 13.3. The number of piperazine rings is 1. The number of rotatable bonds is 6. The van der Waals surface area contributed by atoms with Crippen LogP contribution in [0.25, 0.3) is 0 Å². The van der Waals surface area contributed by atoms with Crippen molar-refractivity contribution in [2.75, 3.05) is 39.3 Å². The zero-order valence-electron chi connectivity index (χ0n) is 20.2. The Morgan fingerprint density at radius 2 is 1.29 bits per heavy atom. The minimum Gasteiger partial charge on any atom is -0.340 e. The van der Waals surface area contributed by atoms with E-state index in [-0.39, 0.29) is 17.8 Å². The van der Waals surface area contributed by atoms with Crippen molar-refractivity contribution in [1.82, 2.24) is 14.7 Å². The third-order valence-corrected chi connectivity index (χ3v) is 7.48. The van der Waals surface area contributed by atoms with Gasteiger partial charge in [0.1, 0.15) is 5.82 Å². The van der Waals surface area contributed by atoms with E-state index in [0.29, 0.717) is 5.91 Å². The molecule has 2 aliphatic rings. The molecule has 2 fully saturated rings. The normalized spacial score (nSPS) is 18.2. The van der Waals surface area contributed by atoms with E-state index in [1.165, 1.54) is 23.3 Å². The summed E-state index contributed by atoms with van der Waals surface area (Å²) in [6.07, 6.45) is 1.80. The van der Waals surface area contributed by atoms with Crippen LogP contribution in [0.1, 0.15) is 35.6 Å². The molecular formula is C30H34FN3O. The van der Waals surface area contributed by atoms with E-state index in [1.807, 2.05) is 12.1 Å². The Balaban J connectivity index is 1.16. The van der Waals surface area contributed by atoms with E-state index >= 15 is 0 Å². The molecule has 2 aliphatic heterocycles. The fraction of sp³-hybridized carbons (Fsp3) is 0.367. The Morgan fingerprint density at radius 3 is 1.83 bits per heavy atom. The largest absolute Gasteiger partial charge is 0.340 e. The highest BCUT2D eigenvalue weighted by Gasteiger charge is 2.32. The summed E-state index contributed by atoms with van der Waals surface area (Å²) in [4.78, 5) is 20.3. The highest BCUT2D eigenvalue weighted by Crippen LogP contribution is 2.30. The van der Waals surface area contributed by atoms with Crippen molar-refractivity contribution in [2.24, 2.45) is 5.92 Å². The standard InChI is InChI=1S/C30H34FN3O/c31-28-13-11-24(12-14-28)23-32-17-15-27(16-18-32)30(35)34-21-19-33(20-22-34)29(25-7-3-1-4-8-25)26-9-5-2-6-10-26/h1-14,27,29H,15-23H2. The van der Waals surface area contributed by atoms with Crippen molar-refractivity contribution in [2.45, 2.75) is 25.4 Å². The van der Waals surface area contributed by atoms with Crippen molar-refractivity contribution in [3.8, 4) is 0 Å². The van der Waals surface area contributed by atoms with E-state index in [0.717, 1.165) is 64.2 Å². The number of carbonyl (C=O) groups is 1. The Hall–Kier alpha value is -3.02. The van der Waals surface area contributed by atoms with Crippen LogP contribution in [0.3, 0.4) is 0 Å². The molecule has 35 heavy (non-hydrogen) atoms. The molecular weight excluding hydrogens is 437 g/mol. The monoisotopic (exact) mass is 471 g/mol. The SMILES string of the molecule is O=C(C1CCN(Cc2ccc(F)cc2)CC1)N1CCN(C(c2ccccc2)c2ccccc2)CC1. The molecule has 0 atom stereocenters. The molecule has 0 unspecified atom stereocenters. The lowest BCUT2D eigenvalue weighted by Gasteiger charge is -2.41. The van der Waals surface area contributed by atoms with E-state index in [4.69, 9.17) is 0 Å². The molecule has 0 bridgehead atoms. The van der Waals surface area contributed by atoms with Crippen LogP contribution in [0.4, 0.5) is 4.39 Å². The van der Waals surface area contributed by atoms with E-state index in [9.17, 15) is 9.18 Å². The summed E-state index contributed by atoms with van der Waals surface area (Å²) in [7, 11) is 0. The number of amides is 1. The maximum Gasteiger partial charge on any atom is 0.225 e. The fourth-order valence-corrected chi connectivity index (χ4v) is 5.53. The third kappa shape index (κ3) is 5.80. The first-order valence-electron chi connectivity index (χ1n) is 12.8. The van der Waals surface area contributed by atoms with Gasteiger partial charge in [0.2, 0.25) is 5.91 Å². The van der Waals surface area contributed by atoms with Gasteiger partial charge in [0, 0.05) is 38.6 Å². The fourth-order valence-electron chi connectivity index (χ4n) is 5.53. The summed E-state index contributed by atoms with van der Waals surface area (Å²) in [5, 5.41) is 0. The van der Waals surface area contributed by atoms with Gasteiger partial charge < -0.3 is 4.90 Å². The minimum atomic E-state index is -0.197. The van der Waals surface area contributed by atoms with Crippen molar-refractivity contribution in [3.05, 3.63) is 107 Å². The predicted molar refractivity (Wildman–Crippen MR) is 137 cm³/mol. The van der Waals surface area contributed by atoms with E-state index in [1.54, 1.807) is 0 Å². The van der Waals surface area contributed by atoms with Gasteiger partial charge in [-0.2, -0.15) is 0 Å². The zero-order chi connectivity index (χ0) is 24.0. The number of nitrogens with zero attached hydrogens (tertiary/aromatic N) is 3. The molecule has 3 aromatic carbocycles. The quantitative estimate of drug-likeness (QED) is 0.508. The molecule has 2 heterocycles. The number of hydrogen-bond acceptors (Lipinski definition) is 3. The van der Waals surface area contributed by atoms with Crippen LogP contribution in [0.2, 0.25) is 0 Å². The minimum absolute atomic E-state index is 0.116. The average molecular weight is 472 g/mol. The first-order valence-corrected chi connectivity index (χ1v) is 12.8. The smallest absolute Gasteiger partial charge is 0.225 e. The van der Waals surface area contributed by atoms with Gasteiger partial charge in [-0.3, -0.25) is 14.6 Å². The molecule has 1 amide bonds. The van der Waals surface area contributed by atoms with E-state index < -0.39 is 0 Å². The first kappa shape index (κ1) is 23.7. The van der Waals surface area contributed by atoms with Crippen LogP contribution < -0.4 is 0 Å². The number of carbonyl (C=O) groups excluding carboxylic acids is 1. The van der Waals surface area contributed by atoms with Crippen molar-refractivity contribution in [3.63, 3.8) is 0 Å². The number of halogens is 1. The molecule has 0 aromatic heterocycles. The van der Waals surface area contributed by atoms with Gasteiger partial charge in [-0.15, -0.1) is 0 Å². The zero-order valence-corrected chi connectivity index (χ0v) is 20.2. The second-order valence-corrected chi connectivity index (χ2v) is 9.76. The first-order chi connectivity index (χ1) is 17.2. The summed E-state index contributed by atoms with van der Waals surface area (Å²) < 4.78 is 13.2. The van der Waals surface area contributed by atoms with Gasteiger partial charge in [-0.05, 0) is 54.8 Å². The highest BCUT2D eigenvalue weighted by molar-refractivity contribution is 5.79. The topological polar surface area (TPSA) is 26.8 Å². The molecule has 4 nitrogen and oxygen atoms in total. The summed E-state index contributed by atoms with van der Waals surface area (Å²) >= 11 is 0. The predicted octanol–water partition coefficient (Wildman–Crippen LogP) is 4.97. The Bertz CT molecular complexity index is 1030. The molecule has 5 rings (SSSR count). The molecule has 0 aliphatic carbocycles. The van der Waals surface area contributed by atoms with Gasteiger partial charge in [-0.1, -0.05) is 72.8 Å². The molecule has 2 saturated heterocycles. The van der Waals surface area contributed by atoms with Crippen LogP contribution in [-0.4, -0.2) is 59.9 Å². The van der Waals surface area contributed by atoms with Crippen LogP contribution in [-0.2, 0) is 11.3 Å². The van der Waals surface area contributed by atoms with Gasteiger partial charge >= 0.3 is 0 Å². The lowest BCUT2D eigenvalue weighted by Crippen LogP contribution is -2.52. The number of hydrogen-bond donors (Lipinski definition) is 0. The molecule has 0 spiro atoms. The van der Waals surface area contributed by atoms with E-state index in [2.05, 4.69) is 75.4 Å². The second kappa shape index (κ2) is 11.1. The number of likely N-dealkylation sites (tertiary alicyclic amines) is 1. The Morgan fingerprint density at radius 1 is 0.743 bits per heavy atom. The van der Waals surface area contributed by atoms with Crippen molar-refractivity contribution >= 4 is 5.91 Å². The van der Waals surface area contributed by atoms with Crippen LogP contribution in [0.5, 0.6) is 0 Å². The lowest BCUT2D eigenvalue weighted by molar-refractivity contribution is -0.139. The van der Waals surface area contributed by atoms with Crippen LogP contribution in [0, 0.1) is 11.7 Å². The van der Waals surface area contributed by atoms with Crippen molar-refractivity contribution in [1.29, 1.82) is 0 Å². The number of benzene rings is 3. The molecule has 182 valence electrons. The van der Waals surface area contributed by atoms with Gasteiger partial charge in [0.25, 0.3) is 0 Å². The van der Waals surface area contributed by atoms with Gasteiger partial charge in [0.05, 0.1) is 6.04 Å². The van der Waals surface area contributed by atoms with Gasteiger partial charge in [0.15, 0.2) is 0 Å². The van der Waals surface area contributed by atoms with Crippen molar-refractivity contribution < 1.29 is 9.18 Å². The summed E-state index contributed by atoms with van der Waals surface area (Å²) in [6, 6.07) is 28.3.